The van der Waals surface area contributed by atoms with Gasteiger partial charge in [0.15, 0.2) is 0 Å². The van der Waals surface area contributed by atoms with E-state index in [4.69, 9.17) is 4.74 Å². The number of carbonyl (C=O) groups is 1. The number of amides is 1. The number of halogens is 2. The zero-order valence-electron chi connectivity index (χ0n) is 14.0. The molecular formula is C18H20F2N2O2. The molecule has 1 aliphatic carbocycles. The molecule has 1 saturated carbocycles. The number of rotatable bonds is 1. The van der Waals surface area contributed by atoms with Crippen molar-refractivity contribution >= 4 is 6.09 Å². The maximum atomic E-state index is 13.6. The Morgan fingerprint density at radius 1 is 1.33 bits per heavy atom. The Morgan fingerprint density at radius 2 is 1.96 bits per heavy atom. The number of fused-ring (bicyclic) bond motifs is 1. The molecule has 1 aliphatic heterocycles. The van der Waals surface area contributed by atoms with Gasteiger partial charge in [-0.3, -0.25) is 4.90 Å². The lowest BCUT2D eigenvalue weighted by Crippen LogP contribution is -2.50. The normalized spacial score (nSPS) is 28.8. The molecule has 0 N–H and O–H groups in total. The van der Waals surface area contributed by atoms with Crippen molar-refractivity contribution in [1.29, 1.82) is 5.26 Å². The molecule has 1 unspecified atom stereocenters. The molecule has 3 atom stereocenters. The highest BCUT2D eigenvalue weighted by atomic mass is 19.1. The van der Waals surface area contributed by atoms with Crippen LogP contribution in [0.15, 0.2) is 18.2 Å². The fourth-order valence-electron chi connectivity index (χ4n) is 3.62. The maximum absolute atomic E-state index is 13.6. The third-order valence-electron chi connectivity index (χ3n) is 4.78. The molecule has 2 aliphatic rings. The SMILES string of the molecule is CC(C)(C)OC(=O)N1C[C@@]2(c3cc(F)cc(F)c3)C[C@H]2CC1C#N. The molecule has 6 heteroatoms. The zero-order chi connectivity index (χ0) is 17.7. The minimum absolute atomic E-state index is 0.155. The van der Waals surface area contributed by atoms with Crippen molar-refractivity contribution in [1.82, 2.24) is 4.90 Å². The monoisotopic (exact) mass is 334 g/mol. The molecule has 4 nitrogen and oxygen atoms in total. The van der Waals surface area contributed by atoms with Gasteiger partial charge < -0.3 is 4.74 Å². The van der Waals surface area contributed by atoms with Crippen LogP contribution >= 0.6 is 0 Å². The summed E-state index contributed by atoms with van der Waals surface area (Å²) in [5.74, 6) is -1.10. The molecule has 1 aromatic rings. The van der Waals surface area contributed by atoms with E-state index in [1.165, 1.54) is 17.0 Å². The number of likely N-dealkylation sites (tertiary alicyclic amines) is 1. The highest BCUT2D eigenvalue weighted by Crippen LogP contribution is 2.60. The van der Waals surface area contributed by atoms with Crippen LogP contribution in [0.4, 0.5) is 13.6 Å². The molecule has 0 radical (unpaired) electrons. The van der Waals surface area contributed by atoms with Gasteiger partial charge in [0.1, 0.15) is 23.3 Å². The third-order valence-corrected chi connectivity index (χ3v) is 4.78. The first-order valence-electron chi connectivity index (χ1n) is 8.00. The smallest absolute Gasteiger partial charge is 0.411 e. The van der Waals surface area contributed by atoms with Crippen LogP contribution in [-0.2, 0) is 10.2 Å². The molecule has 24 heavy (non-hydrogen) atoms. The summed E-state index contributed by atoms with van der Waals surface area (Å²) in [6.07, 6.45) is 0.650. The number of hydrogen-bond acceptors (Lipinski definition) is 3. The summed E-state index contributed by atoms with van der Waals surface area (Å²) in [4.78, 5) is 13.9. The van der Waals surface area contributed by atoms with Crippen molar-refractivity contribution in [3.8, 4) is 6.07 Å². The minimum atomic E-state index is -0.671. The number of nitriles is 1. The topological polar surface area (TPSA) is 53.3 Å². The lowest BCUT2D eigenvalue weighted by Gasteiger charge is -2.37. The Labute approximate surface area is 140 Å². The summed E-state index contributed by atoms with van der Waals surface area (Å²) < 4.78 is 32.6. The first-order valence-corrected chi connectivity index (χ1v) is 8.00. The van der Waals surface area contributed by atoms with Gasteiger partial charge in [-0.2, -0.15) is 5.26 Å². The predicted molar refractivity (Wildman–Crippen MR) is 83.1 cm³/mol. The van der Waals surface area contributed by atoms with E-state index in [0.29, 0.717) is 18.4 Å². The Balaban J connectivity index is 1.89. The quantitative estimate of drug-likeness (QED) is 0.786. The number of benzene rings is 1. The van der Waals surface area contributed by atoms with Gasteiger partial charge in [0, 0.05) is 18.0 Å². The van der Waals surface area contributed by atoms with Gasteiger partial charge in [0.05, 0.1) is 6.07 Å². The molecule has 0 aromatic heterocycles. The largest absolute Gasteiger partial charge is 0.444 e. The lowest BCUT2D eigenvalue weighted by atomic mass is 9.86. The van der Waals surface area contributed by atoms with Crippen molar-refractivity contribution in [2.24, 2.45) is 5.92 Å². The highest BCUT2D eigenvalue weighted by Gasteiger charge is 2.61. The average molecular weight is 334 g/mol. The second-order valence-electron chi connectivity index (χ2n) is 7.70. The molecule has 1 amide bonds. The molecule has 1 aromatic carbocycles. The molecule has 2 fully saturated rings. The molecule has 0 spiro atoms. The zero-order valence-corrected chi connectivity index (χ0v) is 14.0. The Bertz CT molecular complexity index is 702. The van der Waals surface area contributed by atoms with Crippen LogP contribution in [0.25, 0.3) is 0 Å². The summed E-state index contributed by atoms with van der Waals surface area (Å²) in [5.41, 5.74) is -0.599. The van der Waals surface area contributed by atoms with Gasteiger partial charge in [-0.1, -0.05) is 0 Å². The van der Waals surface area contributed by atoms with Crippen molar-refractivity contribution in [3.05, 3.63) is 35.4 Å². The van der Waals surface area contributed by atoms with Crippen molar-refractivity contribution in [2.75, 3.05) is 6.54 Å². The van der Waals surface area contributed by atoms with E-state index in [9.17, 15) is 18.8 Å². The second kappa shape index (κ2) is 5.44. The highest BCUT2D eigenvalue weighted by molar-refractivity contribution is 5.70. The van der Waals surface area contributed by atoms with Crippen LogP contribution in [0.3, 0.4) is 0 Å². The Hall–Kier alpha value is -2.16. The first kappa shape index (κ1) is 16.7. The van der Waals surface area contributed by atoms with Gasteiger partial charge in [0.25, 0.3) is 0 Å². The van der Waals surface area contributed by atoms with E-state index in [1.807, 2.05) is 0 Å². The van der Waals surface area contributed by atoms with Gasteiger partial charge in [-0.25, -0.2) is 13.6 Å². The molecule has 1 heterocycles. The number of ether oxygens (including phenoxy) is 1. The average Bonchev–Trinajstić information content (AvgIpc) is 3.17. The minimum Gasteiger partial charge on any atom is -0.444 e. The molecule has 0 bridgehead atoms. The van der Waals surface area contributed by atoms with Gasteiger partial charge >= 0.3 is 6.09 Å². The molecule has 1 saturated heterocycles. The van der Waals surface area contributed by atoms with E-state index in [1.54, 1.807) is 20.8 Å². The van der Waals surface area contributed by atoms with Crippen LogP contribution in [0, 0.1) is 28.9 Å². The van der Waals surface area contributed by atoms with E-state index in [-0.39, 0.29) is 12.5 Å². The summed E-state index contributed by atoms with van der Waals surface area (Å²) >= 11 is 0. The molecule has 128 valence electrons. The fraction of sp³-hybridized carbons (Fsp3) is 0.556. The number of nitrogens with zero attached hydrogens (tertiary/aromatic N) is 2. The van der Waals surface area contributed by atoms with Crippen LogP contribution in [0.1, 0.15) is 39.2 Å². The molecule has 3 rings (SSSR count). The second-order valence-corrected chi connectivity index (χ2v) is 7.70. The van der Waals surface area contributed by atoms with E-state index >= 15 is 0 Å². The Kier molecular flexibility index (Phi) is 3.78. The fourth-order valence-corrected chi connectivity index (χ4v) is 3.62. The summed E-state index contributed by atoms with van der Waals surface area (Å²) in [6.45, 7) is 5.52. The van der Waals surface area contributed by atoms with E-state index in [0.717, 1.165) is 6.07 Å². The summed E-state index contributed by atoms with van der Waals surface area (Å²) in [5, 5.41) is 9.37. The standard InChI is InChI=1S/C18H20F2N2O2/c1-17(2,3)24-16(23)22-10-18(8-12(18)6-15(22)9-21)11-4-13(19)7-14(20)5-11/h4-5,7,12,15H,6,8,10H2,1-3H3/t12-,15?,18-/m1/s1. The van der Waals surface area contributed by atoms with Crippen LogP contribution in [-0.4, -0.2) is 29.2 Å². The third kappa shape index (κ3) is 2.95. The van der Waals surface area contributed by atoms with Crippen LogP contribution < -0.4 is 0 Å². The van der Waals surface area contributed by atoms with Gasteiger partial charge in [-0.05, 0) is 57.2 Å². The summed E-state index contributed by atoms with van der Waals surface area (Å²) in [7, 11) is 0. The van der Waals surface area contributed by atoms with Crippen LogP contribution in [0.5, 0.6) is 0 Å². The van der Waals surface area contributed by atoms with E-state index < -0.39 is 34.8 Å². The first-order chi connectivity index (χ1) is 11.1. The van der Waals surface area contributed by atoms with Crippen LogP contribution in [0.2, 0.25) is 0 Å². The number of carbonyl (C=O) groups excluding carboxylic acids is 1. The van der Waals surface area contributed by atoms with Crippen molar-refractivity contribution < 1.29 is 18.3 Å². The van der Waals surface area contributed by atoms with Gasteiger partial charge in [0.2, 0.25) is 0 Å². The predicted octanol–water partition coefficient (Wildman–Crippen LogP) is 3.76. The maximum Gasteiger partial charge on any atom is 0.411 e. The summed E-state index contributed by atoms with van der Waals surface area (Å²) in [6, 6.07) is 5.06. The number of hydrogen-bond donors (Lipinski definition) is 0. The van der Waals surface area contributed by atoms with Crippen molar-refractivity contribution in [3.63, 3.8) is 0 Å². The van der Waals surface area contributed by atoms with Crippen molar-refractivity contribution in [2.45, 2.75) is 50.7 Å². The van der Waals surface area contributed by atoms with Gasteiger partial charge in [-0.15, -0.1) is 0 Å². The lowest BCUT2D eigenvalue weighted by molar-refractivity contribution is 0.0127. The van der Waals surface area contributed by atoms with E-state index in [2.05, 4.69) is 6.07 Å². The molecular weight excluding hydrogens is 314 g/mol. The number of piperidine rings is 1. The Morgan fingerprint density at radius 3 is 2.50 bits per heavy atom.